The van der Waals surface area contributed by atoms with E-state index in [4.69, 9.17) is 0 Å². The van der Waals surface area contributed by atoms with Crippen LogP contribution in [0.15, 0.2) is 59.8 Å². The van der Waals surface area contributed by atoms with Gasteiger partial charge in [0, 0.05) is 6.42 Å². The highest BCUT2D eigenvalue weighted by Crippen LogP contribution is 2.36. The fourth-order valence-corrected chi connectivity index (χ4v) is 5.19. The van der Waals surface area contributed by atoms with E-state index >= 15 is 0 Å². The molecule has 2 aromatic carbocycles. The Kier molecular flexibility index (Phi) is 3.54. The first-order valence-electron chi connectivity index (χ1n) is 8.03. The number of imide groups is 1. The van der Waals surface area contributed by atoms with Crippen molar-refractivity contribution in [3.05, 3.63) is 54.6 Å². The lowest BCUT2D eigenvalue weighted by atomic mass is 10.3. The highest BCUT2D eigenvalue weighted by molar-refractivity contribution is 8.00. The molecule has 4 aromatic rings. The molecule has 5 rings (SSSR count). The van der Waals surface area contributed by atoms with E-state index in [1.54, 1.807) is 23.5 Å². The molecule has 128 valence electrons. The zero-order valence-electron chi connectivity index (χ0n) is 13.4. The molecule has 8 heteroatoms. The average molecular weight is 380 g/mol. The van der Waals surface area contributed by atoms with Crippen LogP contribution < -0.4 is 4.90 Å². The van der Waals surface area contributed by atoms with Crippen molar-refractivity contribution < 1.29 is 9.59 Å². The predicted octanol–water partition coefficient (Wildman–Crippen LogP) is 3.37. The van der Waals surface area contributed by atoms with Crippen LogP contribution in [0.5, 0.6) is 0 Å². The lowest BCUT2D eigenvalue weighted by molar-refractivity contribution is -0.121. The van der Waals surface area contributed by atoms with E-state index in [1.807, 2.05) is 46.9 Å². The van der Waals surface area contributed by atoms with Crippen LogP contribution in [-0.2, 0) is 9.59 Å². The van der Waals surface area contributed by atoms with Crippen molar-refractivity contribution in [2.24, 2.45) is 0 Å². The summed E-state index contributed by atoms with van der Waals surface area (Å²) in [6.45, 7) is 0. The van der Waals surface area contributed by atoms with Crippen LogP contribution in [0.3, 0.4) is 0 Å². The SMILES string of the molecule is O=C1CC(Sc2nnc3sc4ccccc4n23)C(=O)N1c1ccccc1. The van der Waals surface area contributed by atoms with Crippen molar-refractivity contribution in [3.63, 3.8) is 0 Å². The summed E-state index contributed by atoms with van der Waals surface area (Å²) >= 11 is 2.85. The summed E-state index contributed by atoms with van der Waals surface area (Å²) in [4.78, 5) is 27.3. The van der Waals surface area contributed by atoms with E-state index in [9.17, 15) is 9.59 Å². The molecule has 6 nitrogen and oxygen atoms in total. The second kappa shape index (κ2) is 5.93. The molecule has 0 radical (unpaired) electrons. The molecule has 0 aliphatic carbocycles. The van der Waals surface area contributed by atoms with E-state index in [-0.39, 0.29) is 18.2 Å². The number of amides is 2. The first-order chi connectivity index (χ1) is 12.7. The Hall–Kier alpha value is -2.71. The van der Waals surface area contributed by atoms with Crippen molar-refractivity contribution in [1.29, 1.82) is 0 Å². The summed E-state index contributed by atoms with van der Waals surface area (Å²) in [6.07, 6.45) is 0.162. The van der Waals surface area contributed by atoms with Crippen LogP contribution in [0.1, 0.15) is 6.42 Å². The minimum Gasteiger partial charge on any atom is -0.274 e. The summed E-state index contributed by atoms with van der Waals surface area (Å²) in [7, 11) is 0. The van der Waals surface area contributed by atoms with Gasteiger partial charge in [0.2, 0.25) is 16.8 Å². The molecule has 1 unspecified atom stereocenters. The summed E-state index contributed by atoms with van der Waals surface area (Å²) in [6, 6.07) is 17.0. The van der Waals surface area contributed by atoms with Gasteiger partial charge in [0.1, 0.15) is 5.25 Å². The molecule has 2 amide bonds. The first kappa shape index (κ1) is 15.5. The minimum absolute atomic E-state index is 0.162. The van der Waals surface area contributed by atoms with Crippen LogP contribution >= 0.6 is 23.1 Å². The maximum atomic E-state index is 12.8. The highest BCUT2D eigenvalue weighted by Gasteiger charge is 2.41. The number of carbonyl (C=O) groups is 2. The molecule has 1 saturated heterocycles. The largest absolute Gasteiger partial charge is 0.274 e. The third kappa shape index (κ3) is 2.33. The van der Waals surface area contributed by atoms with Crippen molar-refractivity contribution in [2.45, 2.75) is 16.8 Å². The Balaban J connectivity index is 1.50. The number of thioether (sulfide) groups is 1. The van der Waals surface area contributed by atoms with Gasteiger partial charge >= 0.3 is 0 Å². The number of hydrogen-bond donors (Lipinski definition) is 0. The Bertz CT molecular complexity index is 1150. The van der Waals surface area contributed by atoms with Gasteiger partial charge in [-0.15, -0.1) is 10.2 Å². The topological polar surface area (TPSA) is 67.6 Å². The van der Waals surface area contributed by atoms with Gasteiger partial charge in [-0.3, -0.25) is 14.0 Å². The second-order valence-electron chi connectivity index (χ2n) is 5.88. The van der Waals surface area contributed by atoms with E-state index in [1.165, 1.54) is 16.7 Å². The molecule has 2 aromatic heterocycles. The summed E-state index contributed by atoms with van der Waals surface area (Å²) < 4.78 is 3.06. The smallest absolute Gasteiger partial charge is 0.247 e. The Morgan fingerprint density at radius 1 is 1.00 bits per heavy atom. The molecule has 0 saturated carbocycles. The van der Waals surface area contributed by atoms with Gasteiger partial charge in [-0.25, -0.2) is 4.90 Å². The lowest BCUT2D eigenvalue weighted by Crippen LogP contribution is -2.31. The van der Waals surface area contributed by atoms with Crippen molar-refractivity contribution in [3.8, 4) is 0 Å². The number of aromatic nitrogens is 3. The van der Waals surface area contributed by atoms with Crippen LogP contribution in [0.2, 0.25) is 0 Å². The van der Waals surface area contributed by atoms with Gasteiger partial charge in [0.25, 0.3) is 0 Å². The number of rotatable bonds is 3. The van der Waals surface area contributed by atoms with Crippen LogP contribution in [0.25, 0.3) is 15.2 Å². The Morgan fingerprint density at radius 3 is 2.62 bits per heavy atom. The average Bonchev–Trinajstić information content (AvgIpc) is 3.29. The van der Waals surface area contributed by atoms with Gasteiger partial charge in [-0.05, 0) is 24.3 Å². The van der Waals surface area contributed by atoms with E-state index in [0.717, 1.165) is 15.2 Å². The molecule has 1 aliphatic rings. The first-order valence-corrected chi connectivity index (χ1v) is 9.73. The molecule has 26 heavy (non-hydrogen) atoms. The maximum Gasteiger partial charge on any atom is 0.247 e. The number of nitrogens with zero attached hydrogens (tertiary/aromatic N) is 4. The van der Waals surface area contributed by atoms with E-state index in [0.29, 0.717) is 10.8 Å². The van der Waals surface area contributed by atoms with Crippen LogP contribution in [-0.4, -0.2) is 31.7 Å². The number of thiazole rings is 1. The van der Waals surface area contributed by atoms with Gasteiger partial charge < -0.3 is 0 Å². The zero-order chi connectivity index (χ0) is 17.7. The Labute approximate surface area is 156 Å². The van der Waals surface area contributed by atoms with Gasteiger partial charge in [-0.2, -0.15) is 0 Å². The zero-order valence-corrected chi connectivity index (χ0v) is 15.0. The molecule has 0 bridgehead atoms. The molecular formula is C18H12N4O2S2. The van der Waals surface area contributed by atoms with E-state index in [2.05, 4.69) is 10.2 Å². The molecule has 1 aliphatic heterocycles. The molecular weight excluding hydrogens is 368 g/mol. The van der Waals surface area contributed by atoms with Crippen LogP contribution in [0, 0.1) is 0 Å². The number of carbonyl (C=O) groups excluding carboxylic acids is 2. The summed E-state index contributed by atoms with van der Waals surface area (Å²) in [5, 5.41) is 8.60. The molecule has 0 spiro atoms. The van der Waals surface area contributed by atoms with Gasteiger partial charge in [0.15, 0.2) is 5.16 Å². The predicted molar refractivity (Wildman–Crippen MR) is 102 cm³/mol. The quantitative estimate of drug-likeness (QED) is 0.510. The Morgan fingerprint density at radius 2 is 1.77 bits per heavy atom. The number of para-hydroxylation sites is 2. The molecule has 1 fully saturated rings. The van der Waals surface area contributed by atoms with Crippen LogP contribution in [0.4, 0.5) is 5.69 Å². The third-order valence-electron chi connectivity index (χ3n) is 4.28. The van der Waals surface area contributed by atoms with Crippen molar-refractivity contribution >= 4 is 55.8 Å². The fourth-order valence-electron chi connectivity index (χ4n) is 3.10. The number of anilines is 1. The summed E-state index contributed by atoms with van der Waals surface area (Å²) in [5.41, 5.74) is 1.62. The minimum atomic E-state index is -0.492. The highest BCUT2D eigenvalue weighted by atomic mass is 32.2. The normalized spacial score (nSPS) is 17.7. The second-order valence-corrected chi connectivity index (χ2v) is 8.06. The molecule has 1 atom stereocenters. The number of hydrogen-bond acceptors (Lipinski definition) is 6. The number of benzene rings is 2. The summed E-state index contributed by atoms with van der Waals surface area (Å²) in [5.74, 6) is -0.392. The lowest BCUT2D eigenvalue weighted by Gasteiger charge is -2.14. The van der Waals surface area contributed by atoms with Crippen molar-refractivity contribution in [1.82, 2.24) is 14.6 Å². The fraction of sp³-hybridized carbons (Fsp3) is 0.111. The molecule has 3 heterocycles. The van der Waals surface area contributed by atoms with Gasteiger partial charge in [-0.1, -0.05) is 53.4 Å². The monoisotopic (exact) mass is 380 g/mol. The maximum absolute atomic E-state index is 12.8. The third-order valence-corrected chi connectivity index (χ3v) is 6.42. The molecule has 0 N–H and O–H groups in total. The van der Waals surface area contributed by atoms with E-state index < -0.39 is 5.25 Å². The number of fused-ring (bicyclic) bond motifs is 3. The van der Waals surface area contributed by atoms with Crippen molar-refractivity contribution in [2.75, 3.05) is 4.90 Å². The van der Waals surface area contributed by atoms with Gasteiger partial charge in [0.05, 0.1) is 15.9 Å². The standard InChI is InChI=1S/C18H12N4O2S2/c23-15-10-14(16(24)21(15)11-6-2-1-3-7-11)26-18-20-19-17-22(18)12-8-4-5-9-13(12)25-17/h1-9,14H,10H2.